The molecule has 3 nitrogen and oxygen atoms in total. The second kappa shape index (κ2) is 2.63. The topological polar surface area (TPSA) is 22.2 Å². The lowest BCUT2D eigenvalue weighted by Gasteiger charge is -2.16. The van der Waals surface area contributed by atoms with Gasteiger partial charge in [0, 0.05) is 12.5 Å². The molecule has 1 heterocycles. The van der Waals surface area contributed by atoms with Gasteiger partial charge in [0.05, 0.1) is 0 Å². The first-order valence-electron chi connectivity index (χ1n) is 3.86. The summed E-state index contributed by atoms with van der Waals surface area (Å²) in [5, 5.41) is 0. The monoisotopic (exact) mass is 163 g/mol. The molecule has 1 aromatic rings. The number of imidazole rings is 1. The van der Waals surface area contributed by atoms with Crippen molar-refractivity contribution < 1.29 is 0 Å². The Balaban J connectivity index is 3.22. The summed E-state index contributed by atoms with van der Waals surface area (Å²) < 4.78 is 1.84. The number of rotatable bonds is 0. The van der Waals surface area contributed by atoms with Crippen LogP contribution < -0.4 is 0 Å². The van der Waals surface area contributed by atoms with Crippen LogP contribution >= 0.6 is 0 Å². The Hall–Kier alpha value is -1.30. The van der Waals surface area contributed by atoms with Gasteiger partial charge in [-0.1, -0.05) is 20.8 Å². The Labute approximate surface area is 72.9 Å². The summed E-state index contributed by atoms with van der Waals surface area (Å²) >= 11 is 0. The van der Waals surface area contributed by atoms with Crippen molar-refractivity contribution in [3.8, 4) is 0 Å². The number of aromatic nitrogens is 2. The average molecular weight is 163 g/mol. The molecule has 0 radical (unpaired) electrons. The average Bonchev–Trinajstić information content (AvgIpc) is 2.29. The van der Waals surface area contributed by atoms with Crippen molar-refractivity contribution in [2.24, 2.45) is 7.05 Å². The van der Waals surface area contributed by atoms with Crippen LogP contribution in [0.3, 0.4) is 0 Å². The van der Waals surface area contributed by atoms with E-state index in [-0.39, 0.29) is 5.41 Å². The van der Waals surface area contributed by atoms with Crippen molar-refractivity contribution in [2.75, 3.05) is 0 Å². The zero-order chi connectivity index (χ0) is 9.35. The minimum atomic E-state index is 0.0602. The van der Waals surface area contributed by atoms with Gasteiger partial charge in [0.1, 0.15) is 11.9 Å². The minimum absolute atomic E-state index is 0.0602. The van der Waals surface area contributed by atoms with E-state index >= 15 is 0 Å². The third-order valence-electron chi connectivity index (χ3n) is 1.83. The first-order chi connectivity index (χ1) is 5.46. The fraction of sp³-hybridized carbons (Fsp3) is 0.556. The molecule has 64 valence electrons. The highest BCUT2D eigenvalue weighted by molar-refractivity contribution is 5.32. The van der Waals surface area contributed by atoms with Crippen LogP contribution in [-0.4, -0.2) is 9.55 Å². The Kier molecular flexibility index (Phi) is 1.93. The van der Waals surface area contributed by atoms with Gasteiger partial charge in [-0.2, -0.15) is 4.98 Å². The molecule has 1 rings (SSSR count). The summed E-state index contributed by atoms with van der Waals surface area (Å²) in [4.78, 5) is 7.32. The summed E-state index contributed by atoms with van der Waals surface area (Å²) in [6.07, 6.45) is 1.77. The zero-order valence-electron chi connectivity index (χ0n) is 7.92. The third-order valence-corrected chi connectivity index (χ3v) is 1.83. The van der Waals surface area contributed by atoms with Crippen molar-refractivity contribution in [3.63, 3.8) is 0 Å². The van der Waals surface area contributed by atoms with Crippen molar-refractivity contribution in [1.82, 2.24) is 9.55 Å². The minimum Gasteiger partial charge on any atom is -0.397 e. The molecule has 0 aromatic carbocycles. The van der Waals surface area contributed by atoms with E-state index in [1.54, 1.807) is 6.20 Å². The first-order valence-corrected chi connectivity index (χ1v) is 3.86. The van der Waals surface area contributed by atoms with Crippen LogP contribution in [-0.2, 0) is 12.5 Å². The fourth-order valence-electron chi connectivity index (χ4n) is 1.20. The van der Waals surface area contributed by atoms with Gasteiger partial charge in [-0.15, -0.1) is 6.57 Å². The molecule has 0 aliphatic heterocycles. The van der Waals surface area contributed by atoms with Gasteiger partial charge in [-0.25, -0.2) is 0 Å². The van der Waals surface area contributed by atoms with Gasteiger partial charge in [0.2, 0.25) is 0 Å². The second-order valence-electron chi connectivity index (χ2n) is 3.86. The summed E-state index contributed by atoms with van der Waals surface area (Å²) in [6, 6.07) is 0. The SMILES string of the molecule is [C-]#[N+]c1ncc(C(C)(C)C)n1C. The van der Waals surface area contributed by atoms with E-state index in [2.05, 4.69) is 30.6 Å². The summed E-state index contributed by atoms with van der Waals surface area (Å²) in [5.41, 5.74) is 1.15. The number of hydrogen-bond donors (Lipinski definition) is 0. The molecule has 0 fully saturated rings. The maximum atomic E-state index is 6.84. The lowest BCUT2D eigenvalue weighted by atomic mass is 9.93. The highest BCUT2D eigenvalue weighted by Crippen LogP contribution is 2.24. The molecule has 0 bridgehead atoms. The molecule has 12 heavy (non-hydrogen) atoms. The molecule has 0 aliphatic rings. The largest absolute Gasteiger partial charge is 0.397 e. The molecule has 0 atom stereocenters. The normalized spacial score (nSPS) is 11.2. The van der Waals surface area contributed by atoms with Gasteiger partial charge in [-0.3, -0.25) is 4.57 Å². The Morgan fingerprint density at radius 1 is 1.50 bits per heavy atom. The van der Waals surface area contributed by atoms with Crippen LogP contribution in [0.5, 0.6) is 0 Å². The van der Waals surface area contributed by atoms with Crippen molar-refractivity contribution in [1.29, 1.82) is 0 Å². The molecule has 0 aliphatic carbocycles. The summed E-state index contributed by atoms with van der Waals surface area (Å²) in [6.45, 7) is 13.2. The summed E-state index contributed by atoms with van der Waals surface area (Å²) in [7, 11) is 1.88. The maximum Gasteiger partial charge on any atom is 0.338 e. The fourth-order valence-corrected chi connectivity index (χ4v) is 1.20. The molecule has 3 heteroatoms. The van der Waals surface area contributed by atoms with Gasteiger partial charge in [-0.05, 0) is 0 Å². The molecule has 0 saturated heterocycles. The molecular weight excluding hydrogens is 150 g/mol. The van der Waals surface area contributed by atoms with Crippen LogP contribution in [0.1, 0.15) is 26.5 Å². The molecule has 0 spiro atoms. The summed E-state index contributed by atoms with van der Waals surface area (Å²) in [5.74, 6) is 0.458. The quantitative estimate of drug-likeness (QED) is 0.538. The smallest absolute Gasteiger partial charge is 0.338 e. The molecular formula is C9H13N3. The van der Waals surface area contributed by atoms with E-state index in [1.807, 2.05) is 11.6 Å². The van der Waals surface area contributed by atoms with E-state index in [1.165, 1.54) is 0 Å². The van der Waals surface area contributed by atoms with Gasteiger partial charge < -0.3 is 4.85 Å². The first kappa shape index (κ1) is 8.79. The van der Waals surface area contributed by atoms with Crippen LogP contribution in [0.4, 0.5) is 5.95 Å². The lowest BCUT2D eigenvalue weighted by Crippen LogP contribution is -2.15. The molecule has 0 saturated carbocycles. The predicted molar refractivity (Wildman–Crippen MR) is 48.2 cm³/mol. The number of hydrogen-bond acceptors (Lipinski definition) is 1. The third kappa shape index (κ3) is 1.33. The lowest BCUT2D eigenvalue weighted by molar-refractivity contribution is 0.545. The van der Waals surface area contributed by atoms with Crippen molar-refractivity contribution in [3.05, 3.63) is 23.3 Å². The highest BCUT2D eigenvalue weighted by atomic mass is 15.1. The van der Waals surface area contributed by atoms with Gasteiger partial charge >= 0.3 is 5.95 Å². The van der Waals surface area contributed by atoms with E-state index in [0.717, 1.165) is 5.69 Å². The van der Waals surface area contributed by atoms with Gasteiger partial charge in [0.25, 0.3) is 0 Å². The van der Waals surface area contributed by atoms with E-state index in [0.29, 0.717) is 5.95 Å². The van der Waals surface area contributed by atoms with Crippen molar-refractivity contribution >= 4 is 5.95 Å². The maximum absolute atomic E-state index is 6.84. The van der Waals surface area contributed by atoms with Crippen molar-refractivity contribution in [2.45, 2.75) is 26.2 Å². The van der Waals surface area contributed by atoms with Crippen LogP contribution in [0.15, 0.2) is 6.20 Å². The van der Waals surface area contributed by atoms with Crippen LogP contribution in [0.25, 0.3) is 4.85 Å². The zero-order valence-corrected chi connectivity index (χ0v) is 7.92. The Morgan fingerprint density at radius 3 is 2.33 bits per heavy atom. The molecule has 1 aromatic heterocycles. The highest BCUT2D eigenvalue weighted by Gasteiger charge is 2.21. The van der Waals surface area contributed by atoms with E-state index < -0.39 is 0 Å². The predicted octanol–water partition coefficient (Wildman–Crippen LogP) is 2.27. The standard InChI is InChI=1S/C9H13N3/c1-9(2,3)7-6-11-8(10-4)12(7)5/h6H,1-3,5H3. The molecule has 0 unspecified atom stereocenters. The number of nitrogens with zero attached hydrogens (tertiary/aromatic N) is 3. The van der Waals surface area contributed by atoms with Gasteiger partial charge in [0.15, 0.2) is 0 Å². The van der Waals surface area contributed by atoms with E-state index in [9.17, 15) is 0 Å². The second-order valence-corrected chi connectivity index (χ2v) is 3.86. The molecule has 0 N–H and O–H groups in total. The Bertz CT molecular complexity index is 323. The molecule has 0 amide bonds. The van der Waals surface area contributed by atoms with Crippen LogP contribution in [0.2, 0.25) is 0 Å². The Morgan fingerprint density at radius 2 is 2.08 bits per heavy atom. The van der Waals surface area contributed by atoms with E-state index in [4.69, 9.17) is 6.57 Å². The van der Waals surface area contributed by atoms with Crippen LogP contribution in [0, 0.1) is 6.57 Å².